The Labute approximate surface area is 166 Å². The molecule has 1 aliphatic carbocycles. The van der Waals surface area contributed by atoms with Gasteiger partial charge in [0.05, 0.1) is 11.2 Å². The third-order valence-electron chi connectivity index (χ3n) is 6.39. The Morgan fingerprint density at radius 3 is 2.64 bits per heavy atom. The van der Waals surface area contributed by atoms with Crippen molar-refractivity contribution in [3.8, 4) is 11.1 Å². The number of hydrogen-bond donors (Lipinski definition) is 1. The van der Waals surface area contributed by atoms with E-state index in [0.717, 1.165) is 18.0 Å². The van der Waals surface area contributed by atoms with E-state index < -0.39 is 0 Å². The highest BCUT2D eigenvalue weighted by molar-refractivity contribution is 6.11. The zero-order valence-corrected chi connectivity index (χ0v) is 16.7. The predicted octanol–water partition coefficient (Wildman–Crippen LogP) is 7.08. The molecule has 2 aromatic carbocycles. The van der Waals surface area contributed by atoms with E-state index in [9.17, 15) is 0 Å². The summed E-state index contributed by atoms with van der Waals surface area (Å²) in [5, 5.41) is 2.56. The molecule has 2 aromatic heterocycles. The van der Waals surface area contributed by atoms with Crippen molar-refractivity contribution >= 4 is 27.4 Å². The molecule has 0 saturated carbocycles. The van der Waals surface area contributed by atoms with Crippen LogP contribution in [0.3, 0.4) is 0 Å². The van der Waals surface area contributed by atoms with Crippen LogP contribution in [0.15, 0.2) is 66.9 Å². The Bertz CT molecular complexity index is 1200. The van der Waals surface area contributed by atoms with Crippen molar-refractivity contribution in [3.63, 3.8) is 0 Å². The van der Waals surface area contributed by atoms with E-state index in [1.807, 2.05) is 6.20 Å². The van der Waals surface area contributed by atoms with E-state index >= 15 is 0 Å². The Balaban J connectivity index is 1.60. The van der Waals surface area contributed by atoms with Gasteiger partial charge in [-0.25, -0.2) is 0 Å². The fraction of sp³-hybridized carbons (Fsp3) is 0.269. The SMILES string of the molecule is CC(C)[C@@H]1CC(c2cc(-c3cccc4c3[nH]c3ccccc34)ccn2)=CC1C. The van der Waals surface area contributed by atoms with E-state index in [-0.39, 0.29) is 0 Å². The average Bonchev–Trinajstić information content (AvgIpc) is 3.28. The monoisotopic (exact) mass is 366 g/mol. The molecule has 0 fully saturated rings. The van der Waals surface area contributed by atoms with Crippen LogP contribution in [-0.2, 0) is 0 Å². The fourth-order valence-electron chi connectivity index (χ4n) is 4.87. The van der Waals surface area contributed by atoms with Gasteiger partial charge < -0.3 is 4.98 Å². The first kappa shape index (κ1) is 17.2. The van der Waals surface area contributed by atoms with Crippen LogP contribution in [0, 0.1) is 17.8 Å². The maximum absolute atomic E-state index is 4.72. The quantitative estimate of drug-likeness (QED) is 0.412. The summed E-state index contributed by atoms with van der Waals surface area (Å²) < 4.78 is 0. The third-order valence-corrected chi connectivity index (χ3v) is 6.39. The van der Waals surface area contributed by atoms with Crippen molar-refractivity contribution in [1.29, 1.82) is 0 Å². The van der Waals surface area contributed by atoms with E-state index in [4.69, 9.17) is 4.98 Å². The summed E-state index contributed by atoms with van der Waals surface area (Å²) in [6.07, 6.45) is 5.52. The van der Waals surface area contributed by atoms with E-state index in [2.05, 4.69) is 86.4 Å². The third kappa shape index (κ3) is 2.75. The minimum Gasteiger partial charge on any atom is -0.354 e. The molecule has 1 N–H and O–H groups in total. The molecule has 0 aliphatic heterocycles. The van der Waals surface area contributed by atoms with Crippen molar-refractivity contribution < 1.29 is 0 Å². The molecule has 1 unspecified atom stereocenters. The lowest BCUT2D eigenvalue weighted by Gasteiger charge is -2.19. The normalized spacial score (nSPS) is 19.6. The molecule has 2 atom stereocenters. The van der Waals surface area contributed by atoms with Gasteiger partial charge in [-0.3, -0.25) is 4.98 Å². The van der Waals surface area contributed by atoms with E-state index in [0.29, 0.717) is 11.8 Å². The minimum atomic E-state index is 0.623. The van der Waals surface area contributed by atoms with Gasteiger partial charge in [-0.05, 0) is 53.5 Å². The van der Waals surface area contributed by atoms with Crippen LogP contribution in [0.1, 0.15) is 32.9 Å². The van der Waals surface area contributed by atoms with Gasteiger partial charge in [-0.15, -0.1) is 0 Å². The molecule has 0 bridgehead atoms. The van der Waals surface area contributed by atoms with Crippen molar-refractivity contribution in [2.75, 3.05) is 0 Å². The molecule has 2 nitrogen and oxygen atoms in total. The first-order chi connectivity index (χ1) is 13.6. The lowest BCUT2D eigenvalue weighted by Crippen LogP contribution is -2.11. The number of benzene rings is 2. The molecule has 0 spiro atoms. The van der Waals surface area contributed by atoms with Gasteiger partial charge in [0.1, 0.15) is 0 Å². The second-order valence-electron chi connectivity index (χ2n) is 8.49. The molecule has 4 aromatic rings. The number of aromatic amines is 1. The van der Waals surface area contributed by atoms with Gasteiger partial charge >= 0.3 is 0 Å². The Morgan fingerprint density at radius 1 is 1.00 bits per heavy atom. The minimum absolute atomic E-state index is 0.623. The van der Waals surface area contributed by atoms with Gasteiger partial charge in [0.15, 0.2) is 0 Å². The Hall–Kier alpha value is -2.87. The molecule has 140 valence electrons. The van der Waals surface area contributed by atoms with Crippen molar-refractivity contribution in [3.05, 3.63) is 72.6 Å². The molecule has 0 amide bonds. The van der Waals surface area contributed by atoms with Crippen LogP contribution >= 0.6 is 0 Å². The number of fused-ring (bicyclic) bond motifs is 3. The molecule has 0 radical (unpaired) electrons. The van der Waals surface area contributed by atoms with Crippen LogP contribution in [0.5, 0.6) is 0 Å². The van der Waals surface area contributed by atoms with Gasteiger partial charge in [-0.1, -0.05) is 63.2 Å². The first-order valence-electron chi connectivity index (χ1n) is 10.3. The van der Waals surface area contributed by atoms with Crippen LogP contribution in [0.4, 0.5) is 0 Å². The highest BCUT2D eigenvalue weighted by Gasteiger charge is 2.27. The smallest absolute Gasteiger partial charge is 0.0664 e. The first-order valence-corrected chi connectivity index (χ1v) is 10.3. The number of para-hydroxylation sites is 2. The van der Waals surface area contributed by atoms with Gasteiger partial charge in [0.2, 0.25) is 0 Å². The summed E-state index contributed by atoms with van der Waals surface area (Å²) >= 11 is 0. The topological polar surface area (TPSA) is 28.7 Å². The highest BCUT2D eigenvalue weighted by Crippen LogP contribution is 2.40. The predicted molar refractivity (Wildman–Crippen MR) is 119 cm³/mol. The van der Waals surface area contributed by atoms with Crippen LogP contribution in [0.25, 0.3) is 38.5 Å². The summed E-state index contributed by atoms with van der Waals surface area (Å²) in [6.45, 7) is 7.00. The summed E-state index contributed by atoms with van der Waals surface area (Å²) in [7, 11) is 0. The average molecular weight is 367 g/mol. The molecule has 2 heteroatoms. The number of allylic oxidation sites excluding steroid dienone is 2. The zero-order chi connectivity index (χ0) is 19.3. The lowest BCUT2D eigenvalue weighted by molar-refractivity contribution is 0.336. The number of rotatable bonds is 3. The van der Waals surface area contributed by atoms with Crippen LogP contribution in [0.2, 0.25) is 0 Å². The number of aromatic nitrogens is 2. The van der Waals surface area contributed by atoms with Crippen molar-refractivity contribution in [1.82, 2.24) is 9.97 Å². The van der Waals surface area contributed by atoms with Gasteiger partial charge in [0.25, 0.3) is 0 Å². The molecule has 1 aliphatic rings. The van der Waals surface area contributed by atoms with E-state index in [1.165, 1.54) is 38.5 Å². The maximum Gasteiger partial charge on any atom is 0.0664 e. The molecule has 28 heavy (non-hydrogen) atoms. The number of hydrogen-bond acceptors (Lipinski definition) is 1. The number of nitrogens with zero attached hydrogens (tertiary/aromatic N) is 1. The second kappa shape index (κ2) is 6.63. The molecule has 2 heterocycles. The van der Waals surface area contributed by atoms with E-state index in [1.54, 1.807) is 0 Å². The van der Waals surface area contributed by atoms with Crippen molar-refractivity contribution in [2.45, 2.75) is 27.2 Å². The summed E-state index contributed by atoms with van der Waals surface area (Å²) in [6, 6.07) is 19.5. The standard InChI is InChI=1S/C26H26N2/c1-16(2)23-14-19(13-17(23)3)25-15-18(11-12-27-25)20-8-6-9-22-21-7-4-5-10-24(21)28-26(20)22/h4-13,15-17,23,28H,14H2,1-3H3/t17?,23-/m0/s1. The van der Waals surface area contributed by atoms with Gasteiger partial charge in [0, 0.05) is 28.0 Å². The molecular weight excluding hydrogens is 340 g/mol. The number of nitrogens with one attached hydrogen (secondary N) is 1. The fourth-order valence-corrected chi connectivity index (χ4v) is 4.87. The van der Waals surface area contributed by atoms with Crippen molar-refractivity contribution in [2.24, 2.45) is 17.8 Å². The molecular formula is C26H26N2. The molecule has 5 rings (SSSR count). The molecule has 0 saturated heterocycles. The van der Waals surface area contributed by atoms with Gasteiger partial charge in [-0.2, -0.15) is 0 Å². The van der Waals surface area contributed by atoms with Crippen LogP contribution in [-0.4, -0.2) is 9.97 Å². The summed E-state index contributed by atoms with van der Waals surface area (Å²) in [5.41, 5.74) is 7.38. The second-order valence-corrected chi connectivity index (χ2v) is 8.49. The maximum atomic E-state index is 4.72. The van der Waals surface area contributed by atoms with Crippen LogP contribution < -0.4 is 0 Å². The largest absolute Gasteiger partial charge is 0.354 e. The lowest BCUT2D eigenvalue weighted by atomic mass is 9.86. The Morgan fingerprint density at radius 2 is 1.82 bits per heavy atom. The Kier molecular flexibility index (Phi) is 4.08. The highest BCUT2D eigenvalue weighted by atomic mass is 14.7. The number of H-pyrrole nitrogens is 1. The number of pyridine rings is 1. The summed E-state index contributed by atoms with van der Waals surface area (Å²) in [5.74, 6) is 2.04. The summed E-state index contributed by atoms with van der Waals surface area (Å²) in [4.78, 5) is 8.35. The zero-order valence-electron chi connectivity index (χ0n) is 16.7.